The maximum atomic E-state index is 11.8. The van der Waals surface area contributed by atoms with Crippen LogP contribution in [-0.4, -0.2) is 65.4 Å². The average molecular weight is 274 g/mol. The van der Waals surface area contributed by atoms with Crippen molar-refractivity contribution in [2.45, 2.75) is 31.4 Å². The molecule has 108 valence electrons. The minimum absolute atomic E-state index is 0.0342. The molecule has 1 heterocycles. The molecule has 2 atom stereocenters. The van der Waals surface area contributed by atoms with Crippen LogP contribution in [0, 0.1) is 0 Å². The first-order valence-electron chi connectivity index (χ1n) is 5.97. The Balaban J connectivity index is 2.47. The lowest BCUT2D eigenvalue weighted by atomic mass is 10.1. The van der Waals surface area contributed by atoms with Gasteiger partial charge < -0.3 is 25.2 Å². The molecule has 8 heteroatoms. The highest BCUT2D eigenvalue weighted by Gasteiger charge is 2.29. The van der Waals surface area contributed by atoms with Crippen LogP contribution in [0.2, 0.25) is 0 Å². The van der Waals surface area contributed by atoms with E-state index in [1.54, 1.807) is 7.11 Å². The lowest BCUT2D eigenvalue weighted by Crippen LogP contribution is -2.47. The number of nitrogens with one attached hydrogen (secondary N) is 1. The fourth-order valence-corrected chi connectivity index (χ4v) is 1.87. The van der Waals surface area contributed by atoms with Gasteiger partial charge in [0, 0.05) is 26.6 Å². The maximum absolute atomic E-state index is 11.8. The molecular weight excluding hydrogens is 256 g/mol. The Morgan fingerprint density at radius 2 is 2.11 bits per heavy atom. The molecule has 0 spiro atoms. The van der Waals surface area contributed by atoms with E-state index in [1.807, 2.05) is 0 Å². The van der Waals surface area contributed by atoms with Crippen molar-refractivity contribution in [2.75, 3.05) is 20.2 Å². The van der Waals surface area contributed by atoms with Gasteiger partial charge in [-0.3, -0.25) is 4.79 Å². The van der Waals surface area contributed by atoms with Crippen LogP contribution in [0.25, 0.3) is 0 Å². The van der Waals surface area contributed by atoms with Gasteiger partial charge in [0.05, 0.1) is 6.10 Å². The van der Waals surface area contributed by atoms with Crippen molar-refractivity contribution in [3.05, 3.63) is 0 Å². The third-order valence-electron chi connectivity index (χ3n) is 3.01. The zero-order valence-corrected chi connectivity index (χ0v) is 10.7. The summed E-state index contributed by atoms with van der Waals surface area (Å²) in [5.41, 5.74) is 0. The first-order chi connectivity index (χ1) is 8.93. The van der Waals surface area contributed by atoms with E-state index in [1.165, 1.54) is 4.90 Å². The first kappa shape index (κ1) is 15.2. The standard InChI is InChI=1S/C11H18N2O6/c1-19-7-4-5-13(6-7)11(18)12-8(10(16)17)2-3-9(14)15/h7-8H,2-6H2,1H3,(H,12,18)(H,14,15)(H,16,17). The van der Waals surface area contributed by atoms with E-state index in [4.69, 9.17) is 14.9 Å². The quantitative estimate of drug-likeness (QED) is 0.614. The third kappa shape index (κ3) is 4.74. The smallest absolute Gasteiger partial charge is 0.326 e. The predicted molar refractivity (Wildman–Crippen MR) is 63.8 cm³/mol. The summed E-state index contributed by atoms with van der Waals surface area (Å²) >= 11 is 0. The molecule has 1 saturated heterocycles. The summed E-state index contributed by atoms with van der Waals surface area (Å²) in [6.45, 7) is 0.906. The molecule has 2 amide bonds. The number of hydrogen-bond acceptors (Lipinski definition) is 4. The molecule has 3 N–H and O–H groups in total. The topological polar surface area (TPSA) is 116 Å². The van der Waals surface area contributed by atoms with Gasteiger partial charge in [0.1, 0.15) is 6.04 Å². The van der Waals surface area contributed by atoms with Gasteiger partial charge in [0.15, 0.2) is 0 Å². The van der Waals surface area contributed by atoms with Crippen molar-refractivity contribution in [2.24, 2.45) is 0 Å². The summed E-state index contributed by atoms with van der Waals surface area (Å²) in [5, 5.41) is 19.8. The number of hydrogen-bond donors (Lipinski definition) is 3. The summed E-state index contributed by atoms with van der Waals surface area (Å²) in [6.07, 6.45) is 0.222. The number of carbonyl (C=O) groups is 3. The molecule has 0 aromatic rings. The Labute approximate surface area is 110 Å². The first-order valence-corrected chi connectivity index (χ1v) is 5.97. The van der Waals surface area contributed by atoms with E-state index in [-0.39, 0.29) is 18.9 Å². The second-order valence-corrected chi connectivity index (χ2v) is 4.37. The van der Waals surface area contributed by atoms with Gasteiger partial charge in [-0.15, -0.1) is 0 Å². The minimum Gasteiger partial charge on any atom is -0.481 e. The van der Waals surface area contributed by atoms with Gasteiger partial charge >= 0.3 is 18.0 Å². The lowest BCUT2D eigenvalue weighted by molar-refractivity contribution is -0.140. The van der Waals surface area contributed by atoms with Gasteiger partial charge in [0.25, 0.3) is 0 Å². The largest absolute Gasteiger partial charge is 0.481 e. The van der Waals surface area contributed by atoms with Crippen LogP contribution in [0.5, 0.6) is 0 Å². The molecule has 8 nitrogen and oxygen atoms in total. The minimum atomic E-state index is -1.24. The predicted octanol–water partition coefficient (Wildman–Crippen LogP) is -0.265. The van der Waals surface area contributed by atoms with Gasteiger partial charge in [-0.2, -0.15) is 0 Å². The van der Waals surface area contributed by atoms with Gasteiger partial charge in [-0.1, -0.05) is 0 Å². The maximum Gasteiger partial charge on any atom is 0.326 e. The van der Waals surface area contributed by atoms with E-state index >= 15 is 0 Å². The van der Waals surface area contributed by atoms with Crippen LogP contribution in [0.15, 0.2) is 0 Å². The zero-order chi connectivity index (χ0) is 14.4. The molecule has 2 unspecified atom stereocenters. The van der Waals surface area contributed by atoms with Crippen LogP contribution in [0.3, 0.4) is 0 Å². The molecular formula is C11H18N2O6. The lowest BCUT2D eigenvalue weighted by Gasteiger charge is -2.20. The number of nitrogens with zero attached hydrogens (tertiary/aromatic N) is 1. The van der Waals surface area contributed by atoms with E-state index in [2.05, 4.69) is 5.32 Å². The third-order valence-corrected chi connectivity index (χ3v) is 3.01. The Kier molecular flexibility index (Phi) is 5.56. The van der Waals surface area contributed by atoms with E-state index in [0.717, 1.165) is 0 Å². The Morgan fingerprint density at radius 1 is 1.42 bits per heavy atom. The molecule has 0 aromatic heterocycles. The fourth-order valence-electron chi connectivity index (χ4n) is 1.87. The van der Waals surface area contributed by atoms with Crippen molar-refractivity contribution in [1.82, 2.24) is 10.2 Å². The highest BCUT2D eigenvalue weighted by atomic mass is 16.5. The SMILES string of the molecule is COC1CCN(C(=O)NC(CCC(=O)O)C(=O)O)C1. The van der Waals surface area contributed by atoms with Crippen molar-refractivity contribution in [1.29, 1.82) is 0 Å². The van der Waals surface area contributed by atoms with E-state index in [0.29, 0.717) is 19.5 Å². The number of likely N-dealkylation sites (tertiary alicyclic amines) is 1. The number of aliphatic carboxylic acids is 2. The fraction of sp³-hybridized carbons (Fsp3) is 0.727. The highest BCUT2D eigenvalue weighted by Crippen LogP contribution is 2.12. The summed E-state index contributed by atoms with van der Waals surface area (Å²) in [4.78, 5) is 34.6. The van der Waals surface area contributed by atoms with Gasteiger partial charge in [-0.25, -0.2) is 9.59 Å². The molecule has 19 heavy (non-hydrogen) atoms. The van der Waals surface area contributed by atoms with Crippen molar-refractivity contribution >= 4 is 18.0 Å². The van der Waals surface area contributed by atoms with Crippen molar-refractivity contribution < 1.29 is 29.3 Å². The molecule has 0 aromatic carbocycles. The number of methoxy groups -OCH3 is 1. The second-order valence-electron chi connectivity index (χ2n) is 4.37. The van der Waals surface area contributed by atoms with Crippen LogP contribution in [-0.2, 0) is 14.3 Å². The summed E-state index contributed by atoms with van der Waals surface area (Å²) in [6, 6.07) is -1.69. The Hall–Kier alpha value is -1.83. The second kappa shape index (κ2) is 6.93. The summed E-state index contributed by atoms with van der Waals surface area (Å²) < 4.78 is 5.11. The molecule has 1 aliphatic heterocycles. The number of rotatable bonds is 6. The molecule has 1 aliphatic rings. The number of amides is 2. The molecule has 0 radical (unpaired) electrons. The monoisotopic (exact) mass is 274 g/mol. The normalized spacial score (nSPS) is 20.1. The van der Waals surface area contributed by atoms with Crippen LogP contribution < -0.4 is 5.32 Å². The van der Waals surface area contributed by atoms with Gasteiger partial charge in [-0.05, 0) is 12.8 Å². The van der Waals surface area contributed by atoms with E-state index in [9.17, 15) is 14.4 Å². The summed E-state index contributed by atoms with van der Waals surface area (Å²) in [7, 11) is 1.55. The van der Waals surface area contributed by atoms with E-state index < -0.39 is 24.0 Å². The summed E-state index contributed by atoms with van der Waals surface area (Å²) in [5.74, 6) is -2.33. The Bertz CT molecular complexity index is 359. The molecule has 0 bridgehead atoms. The number of carboxylic acid groups (broad SMARTS) is 2. The van der Waals surface area contributed by atoms with Crippen LogP contribution in [0.4, 0.5) is 4.79 Å². The average Bonchev–Trinajstić information content (AvgIpc) is 2.82. The zero-order valence-electron chi connectivity index (χ0n) is 10.7. The van der Waals surface area contributed by atoms with Crippen molar-refractivity contribution in [3.8, 4) is 0 Å². The van der Waals surface area contributed by atoms with Crippen LogP contribution >= 0.6 is 0 Å². The van der Waals surface area contributed by atoms with Crippen molar-refractivity contribution in [3.63, 3.8) is 0 Å². The number of ether oxygens (including phenoxy) is 1. The molecule has 1 rings (SSSR count). The number of urea groups is 1. The molecule has 0 saturated carbocycles. The number of carbonyl (C=O) groups excluding carboxylic acids is 1. The highest BCUT2D eigenvalue weighted by molar-refractivity contribution is 5.83. The Morgan fingerprint density at radius 3 is 2.58 bits per heavy atom. The number of carboxylic acids is 2. The molecule has 0 aliphatic carbocycles. The molecule has 1 fully saturated rings. The van der Waals surface area contributed by atoms with Gasteiger partial charge in [0.2, 0.25) is 0 Å². The van der Waals surface area contributed by atoms with Crippen LogP contribution in [0.1, 0.15) is 19.3 Å².